The van der Waals surface area contributed by atoms with Gasteiger partial charge >= 0.3 is 0 Å². The topological polar surface area (TPSA) is 78.5 Å². The number of carbonyl (C=O) groups excluding carboxylic acids is 3. The fourth-order valence-corrected chi connectivity index (χ4v) is 3.14. The van der Waals surface area contributed by atoms with Crippen molar-refractivity contribution in [3.8, 4) is 0 Å². The average Bonchev–Trinajstić information content (AvgIpc) is 2.69. The van der Waals surface area contributed by atoms with E-state index in [0.717, 1.165) is 25.1 Å². The molecule has 0 unspecified atom stereocenters. The van der Waals surface area contributed by atoms with Crippen molar-refractivity contribution in [1.29, 1.82) is 0 Å². The van der Waals surface area contributed by atoms with Crippen LogP contribution in [0.5, 0.6) is 0 Å². The molecule has 28 heavy (non-hydrogen) atoms. The molecule has 2 N–H and O–H groups in total. The van der Waals surface area contributed by atoms with Crippen LogP contribution < -0.4 is 15.5 Å². The fraction of sp³-hybridized carbons (Fsp3) is 0.286. The highest BCUT2D eigenvalue weighted by atomic mass is 35.5. The van der Waals surface area contributed by atoms with Gasteiger partial charge in [0.2, 0.25) is 17.7 Å². The van der Waals surface area contributed by atoms with Crippen LogP contribution in [-0.4, -0.2) is 24.3 Å². The first-order valence-corrected chi connectivity index (χ1v) is 9.65. The Morgan fingerprint density at radius 1 is 0.857 bits per heavy atom. The highest BCUT2D eigenvalue weighted by Gasteiger charge is 2.19. The van der Waals surface area contributed by atoms with Gasteiger partial charge in [0.05, 0.1) is 0 Å². The van der Waals surface area contributed by atoms with Gasteiger partial charge in [-0.15, -0.1) is 0 Å². The molecule has 0 saturated carbocycles. The molecule has 7 heteroatoms. The highest BCUT2D eigenvalue weighted by molar-refractivity contribution is 6.30. The molecule has 0 radical (unpaired) electrons. The van der Waals surface area contributed by atoms with Crippen molar-refractivity contribution in [1.82, 2.24) is 0 Å². The minimum atomic E-state index is -0.243. The standard InChI is InChI=1S/C21H22ClN3O3/c22-15-4-6-16(7-5-15)23-19(26)12-13-20(27)24-17-8-10-18(11-9-17)25-14-2-1-3-21(25)28/h4-11H,1-3,12-14H2,(H,23,26)(H,24,27). The van der Waals surface area contributed by atoms with Crippen molar-refractivity contribution >= 4 is 46.4 Å². The van der Waals surface area contributed by atoms with E-state index in [2.05, 4.69) is 10.6 Å². The molecule has 1 heterocycles. The van der Waals surface area contributed by atoms with Gasteiger partial charge in [-0.05, 0) is 61.4 Å². The first kappa shape index (κ1) is 19.9. The predicted molar refractivity (Wildman–Crippen MR) is 111 cm³/mol. The summed E-state index contributed by atoms with van der Waals surface area (Å²) in [7, 11) is 0. The van der Waals surface area contributed by atoms with Gasteiger partial charge in [0.25, 0.3) is 0 Å². The van der Waals surface area contributed by atoms with Gasteiger partial charge in [-0.25, -0.2) is 0 Å². The number of hydrogen-bond donors (Lipinski definition) is 2. The van der Waals surface area contributed by atoms with E-state index in [1.54, 1.807) is 41.3 Å². The zero-order valence-electron chi connectivity index (χ0n) is 15.4. The lowest BCUT2D eigenvalue weighted by Gasteiger charge is -2.26. The van der Waals surface area contributed by atoms with Gasteiger partial charge in [0.1, 0.15) is 0 Å². The lowest BCUT2D eigenvalue weighted by Crippen LogP contribution is -2.35. The zero-order valence-corrected chi connectivity index (χ0v) is 16.2. The van der Waals surface area contributed by atoms with Crippen molar-refractivity contribution in [3.63, 3.8) is 0 Å². The Labute approximate surface area is 168 Å². The molecule has 6 nitrogen and oxygen atoms in total. The number of carbonyl (C=O) groups is 3. The number of nitrogens with one attached hydrogen (secondary N) is 2. The molecule has 3 rings (SSSR count). The van der Waals surface area contributed by atoms with E-state index >= 15 is 0 Å². The van der Waals surface area contributed by atoms with Crippen LogP contribution in [0.15, 0.2) is 48.5 Å². The molecular formula is C21H22ClN3O3. The van der Waals surface area contributed by atoms with Crippen molar-refractivity contribution < 1.29 is 14.4 Å². The summed E-state index contributed by atoms with van der Waals surface area (Å²) < 4.78 is 0. The number of piperidine rings is 1. The second-order valence-corrected chi connectivity index (χ2v) is 7.09. The highest BCUT2D eigenvalue weighted by Crippen LogP contribution is 2.23. The molecule has 0 bridgehead atoms. The maximum absolute atomic E-state index is 12.1. The largest absolute Gasteiger partial charge is 0.326 e. The molecule has 0 aliphatic carbocycles. The molecule has 2 aromatic carbocycles. The van der Waals surface area contributed by atoms with Crippen molar-refractivity contribution in [2.24, 2.45) is 0 Å². The van der Waals surface area contributed by atoms with Gasteiger partial charge in [0.15, 0.2) is 0 Å². The van der Waals surface area contributed by atoms with Crippen LogP contribution in [0.1, 0.15) is 32.1 Å². The normalized spacial score (nSPS) is 13.9. The molecule has 1 aliphatic rings. The molecule has 1 saturated heterocycles. The number of rotatable bonds is 6. The first-order valence-electron chi connectivity index (χ1n) is 9.27. The smallest absolute Gasteiger partial charge is 0.226 e. The van der Waals surface area contributed by atoms with Gasteiger partial charge in [-0.2, -0.15) is 0 Å². The Kier molecular flexibility index (Phi) is 6.66. The summed E-state index contributed by atoms with van der Waals surface area (Å²) in [5.74, 6) is -0.348. The summed E-state index contributed by atoms with van der Waals surface area (Å²) in [6.07, 6.45) is 2.68. The first-order chi connectivity index (χ1) is 13.5. The van der Waals surface area contributed by atoms with Crippen LogP contribution in [0, 0.1) is 0 Å². The molecule has 2 aromatic rings. The second kappa shape index (κ2) is 9.37. The number of anilines is 3. The van der Waals surface area contributed by atoms with Crippen LogP contribution in [0.3, 0.4) is 0 Å². The Morgan fingerprint density at radius 3 is 1.93 bits per heavy atom. The van der Waals surface area contributed by atoms with Crippen molar-refractivity contribution in [2.75, 3.05) is 22.1 Å². The lowest BCUT2D eigenvalue weighted by molar-refractivity contribution is -0.121. The maximum atomic E-state index is 12.1. The molecule has 0 spiro atoms. The van der Waals surface area contributed by atoms with E-state index in [4.69, 9.17) is 11.6 Å². The molecule has 0 atom stereocenters. The molecule has 3 amide bonds. The van der Waals surface area contributed by atoms with Gasteiger partial charge in [-0.1, -0.05) is 11.6 Å². The molecular weight excluding hydrogens is 378 g/mol. The summed E-state index contributed by atoms with van der Waals surface area (Å²) >= 11 is 5.80. The van der Waals surface area contributed by atoms with Crippen LogP contribution in [0.4, 0.5) is 17.1 Å². The van der Waals surface area contributed by atoms with Crippen LogP contribution in [0.2, 0.25) is 5.02 Å². The number of benzene rings is 2. The minimum absolute atomic E-state index is 0.0752. The SMILES string of the molecule is O=C(CCC(=O)Nc1ccc(N2CCCCC2=O)cc1)Nc1ccc(Cl)cc1. The second-order valence-electron chi connectivity index (χ2n) is 6.65. The summed E-state index contributed by atoms with van der Waals surface area (Å²) in [6.45, 7) is 0.729. The molecule has 0 aromatic heterocycles. The van der Waals surface area contributed by atoms with Gasteiger partial charge in [0, 0.05) is 47.9 Å². The Bertz CT molecular complexity index is 850. The monoisotopic (exact) mass is 399 g/mol. The quantitative estimate of drug-likeness (QED) is 0.763. The lowest BCUT2D eigenvalue weighted by atomic mass is 10.1. The zero-order chi connectivity index (χ0) is 19.9. The summed E-state index contributed by atoms with van der Waals surface area (Å²) in [6, 6.07) is 14.0. The van der Waals surface area contributed by atoms with Crippen LogP contribution in [0.25, 0.3) is 0 Å². The van der Waals surface area contributed by atoms with E-state index in [9.17, 15) is 14.4 Å². The summed E-state index contributed by atoms with van der Waals surface area (Å²) in [5.41, 5.74) is 2.11. The predicted octanol–water partition coefficient (Wildman–Crippen LogP) is 4.21. The fourth-order valence-electron chi connectivity index (χ4n) is 3.01. The van der Waals surface area contributed by atoms with Crippen molar-refractivity contribution in [3.05, 3.63) is 53.6 Å². The Balaban J connectivity index is 1.46. The molecule has 1 fully saturated rings. The third-order valence-electron chi connectivity index (χ3n) is 4.49. The third kappa shape index (κ3) is 5.57. The van der Waals surface area contributed by atoms with Gasteiger partial charge < -0.3 is 15.5 Å². The van der Waals surface area contributed by atoms with Crippen LogP contribution >= 0.6 is 11.6 Å². The number of hydrogen-bond acceptors (Lipinski definition) is 3. The minimum Gasteiger partial charge on any atom is -0.326 e. The number of halogens is 1. The van der Waals surface area contributed by atoms with Crippen molar-refractivity contribution in [2.45, 2.75) is 32.1 Å². The van der Waals surface area contributed by atoms with Crippen LogP contribution in [-0.2, 0) is 14.4 Å². The summed E-state index contributed by atoms with van der Waals surface area (Å²) in [5, 5.41) is 6.08. The van der Waals surface area contributed by atoms with E-state index < -0.39 is 0 Å². The molecule has 146 valence electrons. The van der Waals surface area contributed by atoms with E-state index in [1.807, 2.05) is 12.1 Å². The summed E-state index contributed by atoms with van der Waals surface area (Å²) in [4.78, 5) is 37.8. The Morgan fingerprint density at radius 2 is 1.39 bits per heavy atom. The molecule has 1 aliphatic heterocycles. The van der Waals surface area contributed by atoms with E-state index in [0.29, 0.717) is 22.8 Å². The average molecular weight is 400 g/mol. The number of nitrogens with zero attached hydrogens (tertiary/aromatic N) is 1. The Hall–Kier alpha value is -2.86. The third-order valence-corrected chi connectivity index (χ3v) is 4.75. The van der Waals surface area contributed by atoms with E-state index in [-0.39, 0.29) is 30.6 Å². The van der Waals surface area contributed by atoms with E-state index in [1.165, 1.54) is 0 Å². The van der Waals surface area contributed by atoms with Gasteiger partial charge in [-0.3, -0.25) is 14.4 Å². The maximum Gasteiger partial charge on any atom is 0.226 e. The number of amides is 3.